The molecule has 0 bridgehead atoms. The zero-order chi connectivity index (χ0) is 27.3. The Bertz CT molecular complexity index is 1820. The number of rotatable bonds is 10. The van der Waals surface area contributed by atoms with E-state index in [1.807, 2.05) is 83.8 Å². The summed E-state index contributed by atoms with van der Waals surface area (Å²) in [5, 5.41) is 8.33. The Balaban J connectivity index is 1.18. The van der Waals surface area contributed by atoms with Crippen LogP contribution in [-0.4, -0.2) is 30.5 Å². The van der Waals surface area contributed by atoms with E-state index in [0.717, 1.165) is 64.3 Å². The second-order valence-corrected chi connectivity index (χ2v) is 9.86. The minimum atomic E-state index is -0.0800. The highest BCUT2D eigenvalue weighted by atomic mass is 16.1. The van der Waals surface area contributed by atoms with E-state index in [2.05, 4.69) is 39.8 Å². The first-order valence-electron chi connectivity index (χ1n) is 13.6. The molecule has 1 aromatic carbocycles. The number of pyridine rings is 4. The van der Waals surface area contributed by atoms with E-state index in [1.165, 1.54) is 0 Å². The van der Waals surface area contributed by atoms with Crippen LogP contribution in [0.2, 0.25) is 0 Å². The van der Waals surface area contributed by atoms with Gasteiger partial charge < -0.3 is 19.6 Å². The molecule has 200 valence electrons. The topological polar surface area (TPSA) is 89.1 Å². The van der Waals surface area contributed by atoms with Gasteiger partial charge in [-0.05, 0) is 41.1 Å². The Morgan fingerprint density at radius 3 is 2.70 bits per heavy atom. The number of hydrogen-bond donors (Lipinski definition) is 2. The van der Waals surface area contributed by atoms with Gasteiger partial charge in [0, 0.05) is 67.6 Å². The van der Waals surface area contributed by atoms with Gasteiger partial charge in [-0.15, -0.1) is 0 Å². The van der Waals surface area contributed by atoms with E-state index in [1.54, 1.807) is 10.8 Å². The van der Waals surface area contributed by atoms with Crippen LogP contribution in [-0.2, 0) is 13.1 Å². The highest BCUT2D eigenvalue weighted by Crippen LogP contribution is 2.26. The average Bonchev–Trinajstić information content (AvgIpc) is 3.40. The molecule has 0 atom stereocenters. The summed E-state index contributed by atoms with van der Waals surface area (Å²) in [6, 6.07) is 20.1. The van der Waals surface area contributed by atoms with Crippen molar-refractivity contribution < 1.29 is 0 Å². The number of fused-ring (bicyclic) bond motifs is 2. The van der Waals surface area contributed by atoms with Crippen molar-refractivity contribution in [2.24, 2.45) is 0 Å². The van der Waals surface area contributed by atoms with Crippen LogP contribution < -0.4 is 16.2 Å². The van der Waals surface area contributed by atoms with Crippen molar-refractivity contribution in [3.05, 3.63) is 119 Å². The molecule has 0 aliphatic heterocycles. The van der Waals surface area contributed by atoms with Gasteiger partial charge in [0.1, 0.15) is 11.5 Å². The summed E-state index contributed by atoms with van der Waals surface area (Å²) in [5.74, 6) is 0.827. The number of imidazole rings is 1. The first kappa shape index (κ1) is 25.3. The van der Waals surface area contributed by atoms with E-state index in [-0.39, 0.29) is 5.56 Å². The summed E-state index contributed by atoms with van der Waals surface area (Å²) in [7, 11) is 0. The van der Waals surface area contributed by atoms with E-state index >= 15 is 0 Å². The first-order chi connectivity index (χ1) is 19.7. The maximum Gasteiger partial charge on any atom is 0.260 e. The molecule has 6 aromatic rings. The fraction of sp³-hybridized carbons (Fsp3) is 0.188. The predicted octanol–water partition coefficient (Wildman–Crippen LogP) is 5.98. The molecule has 5 aromatic heterocycles. The van der Waals surface area contributed by atoms with Crippen LogP contribution in [0.4, 0.5) is 11.5 Å². The van der Waals surface area contributed by atoms with Crippen LogP contribution in [0.25, 0.3) is 27.5 Å². The molecule has 0 spiro atoms. The van der Waals surface area contributed by atoms with Gasteiger partial charge in [-0.25, -0.2) is 9.97 Å². The van der Waals surface area contributed by atoms with E-state index in [9.17, 15) is 4.79 Å². The molecular formula is C32H31N7O. The third-order valence-electron chi connectivity index (χ3n) is 6.97. The molecule has 0 unspecified atom stereocenters. The second kappa shape index (κ2) is 11.4. The number of benzene rings is 1. The molecule has 0 fully saturated rings. The lowest BCUT2D eigenvalue weighted by Crippen LogP contribution is -2.20. The highest BCUT2D eigenvalue weighted by Gasteiger charge is 2.11. The van der Waals surface area contributed by atoms with Crippen molar-refractivity contribution >= 4 is 27.9 Å². The Hall–Kier alpha value is -4.98. The number of unbranched alkanes of at least 4 members (excludes halogenated alkanes) is 1. The number of hydrogen-bond acceptors (Lipinski definition) is 6. The highest BCUT2D eigenvalue weighted by molar-refractivity contribution is 5.95. The molecule has 0 radical (unpaired) electrons. The van der Waals surface area contributed by atoms with Crippen molar-refractivity contribution in [2.45, 2.75) is 32.9 Å². The third kappa shape index (κ3) is 5.42. The largest absolute Gasteiger partial charge is 0.385 e. The Kier molecular flexibility index (Phi) is 7.22. The lowest BCUT2D eigenvalue weighted by molar-refractivity contribution is 0.752. The Labute approximate surface area is 232 Å². The summed E-state index contributed by atoms with van der Waals surface area (Å²) >= 11 is 0. The van der Waals surface area contributed by atoms with Crippen molar-refractivity contribution in [1.29, 1.82) is 0 Å². The smallest absolute Gasteiger partial charge is 0.260 e. The van der Waals surface area contributed by atoms with Crippen LogP contribution in [0, 0.1) is 0 Å². The quantitative estimate of drug-likeness (QED) is 0.212. The molecule has 40 heavy (non-hydrogen) atoms. The third-order valence-corrected chi connectivity index (χ3v) is 6.97. The van der Waals surface area contributed by atoms with Crippen LogP contribution in [0.3, 0.4) is 0 Å². The maximum absolute atomic E-state index is 13.4. The minimum absolute atomic E-state index is 0.0800. The first-order valence-corrected chi connectivity index (χ1v) is 13.6. The molecule has 2 N–H and O–H groups in total. The SMILES string of the molecule is CCCCNc1ccnc(NCc2ccc3nc(Cn4ccc5c(-c6ccccc6)cncc5c4=O)cn3c2)c1. The van der Waals surface area contributed by atoms with Crippen molar-refractivity contribution in [2.75, 3.05) is 17.2 Å². The fourth-order valence-electron chi connectivity index (χ4n) is 4.86. The normalized spacial score (nSPS) is 11.2. The molecule has 0 saturated heterocycles. The number of anilines is 2. The standard InChI is InChI=1S/C32H31N7O/c1-2-3-13-34-25-11-14-35-30(16-25)36-17-23-9-10-31-37-26(22-39(31)20-23)21-38-15-12-27-28(24-7-5-4-6-8-24)18-33-19-29(27)32(38)40/h4-12,14-16,18-20,22H,2-3,13,17,21H2,1H3,(H2,34,35,36). The molecule has 8 nitrogen and oxygen atoms in total. The summed E-state index contributed by atoms with van der Waals surface area (Å²) in [6.45, 7) is 4.15. The second-order valence-electron chi connectivity index (χ2n) is 9.86. The Morgan fingerprint density at radius 1 is 0.925 bits per heavy atom. The number of aromatic nitrogens is 5. The number of nitrogens with one attached hydrogen (secondary N) is 2. The van der Waals surface area contributed by atoms with E-state index in [0.29, 0.717) is 18.5 Å². The van der Waals surface area contributed by atoms with Gasteiger partial charge in [-0.2, -0.15) is 0 Å². The monoisotopic (exact) mass is 529 g/mol. The van der Waals surface area contributed by atoms with Gasteiger partial charge in [0.05, 0.1) is 17.6 Å². The van der Waals surface area contributed by atoms with Crippen LogP contribution >= 0.6 is 0 Å². The molecule has 8 heteroatoms. The van der Waals surface area contributed by atoms with E-state index in [4.69, 9.17) is 4.98 Å². The molecule has 0 amide bonds. The van der Waals surface area contributed by atoms with Gasteiger partial charge in [0.15, 0.2) is 0 Å². The van der Waals surface area contributed by atoms with Gasteiger partial charge in [-0.3, -0.25) is 9.78 Å². The molecule has 5 heterocycles. The maximum atomic E-state index is 13.4. The lowest BCUT2D eigenvalue weighted by Gasteiger charge is -2.09. The molecule has 6 rings (SSSR count). The van der Waals surface area contributed by atoms with Gasteiger partial charge >= 0.3 is 0 Å². The molecule has 0 saturated carbocycles. The minimum Gasteiger partial charge on any atom is -0.385 e. The summed E-state index contributed by atoms with van der Waals surface area (Å²) < 4.78 is 3.69. The van der Waals surface area contributed by atoms with Gasteiger partial charge in [0.25, 0.3) is 5.56 Å². The zero-order valence-corrected chi connectivity index (χ0v) is 22.4. The summed E-state index contributed by atoms with van der Waals surface area (Å²) in [6.07, 6.45) is 13.5. The summed E-state index contributed by atoms with van der Waals surface area (Å²) in [5.41, 5.74) is 5.72. The van der Waals surface area contributed by atoms with Crippen LogP contribution in [0.5, 0.6) is 0 Å². The van der Waals surface area contributed by atoms with Crippen molar-refractivity contribution in [3.63, 3.8) is 0 Å². The van der Waals surface area contributed by atoms with Crippen LogP contribution in [0.15, 0.2) is 103 Å². The van der Waals surface area contributed by atoms with Gasteiger partial charge in [-0.1, -0.05) is 49.7 Å². The van der Waals surface area contributed by atoms with Crippen molar-refractivity contribution in [3.8, 4) is 11.1 Å². The average molecular weight is 530 g/mol. The summed E-state index contributed by atoms with van der Waals surface area (Å²) in [4.78, 5) is 26.9. The molecule has 0 aliphatic carbocycles. The molecule has 0 aliphatic rings. The van der Waals surface area contributed by atoms with Crippen LogP contribution in [0.1, 0.15) is 31.0 Å². The Morgan fingerprint density at radius 2 is 1.82 bits per heavy atom. The van der Waals surface area contributed by atoms with E-state index < -0.39 is 0 Å². The zero-order valence-electron chi connectivity index (χ0n) is 22.4. The number of nitrogens with zero attached hydrogens (tertiary/aromatic N) is 5. The molecular weight excluding hydrogens is 498 g/mol. The fourth-order valence-corrected chi connectivity index (χ4v) is 4.86. The lowest BCUT2D eigenvalue weighted by atomic mass is 10.0. The predicted molar refractivity (Wildman–Crippen MR) is 161 cm³/mol. The van der Waals surface area contributed by atoms with Crippen molar-refractivity contribution in [1.82, 2.24) is 23.9 Å². The van der Waals surface area contributed by atoms with Gasteiger partial charge in [0.2, 0.25) is 0 Å².